The minimum absolute atomic E-state index is 0.817. The van der Waals surface area contributed by atoms with Gasteiger partial charge >= 0.3 is 0 Å². The number of benzene rings is 9. The maximum atomic E-state index is 2.34. The number of rotatable bonds is 13. The van der Waals surface area contributed by atoms with Crippen LogP contribution in [0.4, 0.5) is 34.1 Å². The normalized spacial score (nSPS) is 11.4. The van der Waals surface area contributed by atoms with Crippen LogP contribution < -0.4 is 9.80 Å². The third-order valence-electron chi connectivity index (χ3n) is 11.2. The highest BCUT2D eigenvalue weighted by Gasteiger charge is 2.15. The predicted molar refractivity (Wildman–Crippen MR) is 265 cm³/mol. The van der Waals surface area contributed by atoms with Gasteiger partial charge in [0.05, 0.1) is 0 Å². The molecule has 62 heavy (non-hydrogen) atoms. The summed E-state index contributed by atoms with van der Waals surface area (Å²) in [5, 5.41) is 0. The molecule has 9 aromatic rings. The highest BCUT2D eigenvalue weighted by atomic mass is 15.1. The van der Waals surface area contributed by atoms with E-state index in [1.165, 1.54) is 50.1 Å². The Morgan fingerprint density at radius 3 is 1.10 bits per heavy atom. The SMILES string of the molecule is C/C=C\C(=C/Cc1cccc(-c2ccc(N(c3ccccc3)c3ccc(-c4ccccc4)cc3)cc2)c1)c1ccc(N(c2ccccc2)c2ccc(-c3ccccc3)cc2)cc1. The van der Waals surface area contributed by atoms with Gasteiger partial charge in [-0.1, -0.05) is 188 Å². The van der Waals surface area contributed by atoms with Crippen LogP contribution in [0.5, 0.6) is 0 Å². The number of hydrogen-bond donors (Lipinski definition) is 0. The zero-order valence-electron chi connectivity index (χ0n) is 34.9. The van der Waals surface area contributed by atoms with E-state index >= 15 is 0 Å². The largest absolute Gasteiger partial charge is 0.311 e. The molecule has 0 unspecified atom stereocenters. The van der Waals surface area contributed by atoms with Crippen molar-refractivity contribution in [1.82, 2.24) is 0 Å². The van der Waals surface area contributed by atoms with Gasteiger partial charge in [0, 0.05) is 34.1 Å². The molecule has 0 aliphatic heterocycles. The summed E-state index contributed by atoms with van der Waals surface area (Å²) < 4.78 is 0. The molecule has 2 heteroatoms. The minimum atomic E-state index is 0.817. The van der Waals surface area contributed by atoms with Crippen molar-refractivity contribution in [2.24, 2.45) is 0 Å². The minimum Gasteiger partial charge on any atom is -0.311 e. The van der Waals surface area contributed by atoms with Gasteiger partial charge in [-0.3, -0.25) is 0 Å². The number of para-hydroxylation sites is 2. The number of anilines is 6. The maximum Gasteiger partial charge on any atom is 0.0462 e. The molecule has 0 bridgehead atoms. The first-order valence-electron chi connectivity index (χ1n) is 21.3. The monoisotopic (exact) mass is 796 g/mol. The summed E-state index contributed by atoms with van der Waals surface area (Å²) in [4.78, 5) is 4.63. The van der Waals surface area contributed by atoms with Crippen LogP contribution in [0, 0.1) is 0 Å². The van der Waals surface area contributed by atoms with E-state index < -0.39 is 0 Å². The number of nitrogens with zero attached hydrogens (tertiary/aromatic N) is 2. The lowest BCUT2D eigenvalue weighted by Gasteiger charge is -2.26. The summed E-state index contributed by atoms with van der Waals surface area (Å²) >= 11 is 0. The Hall–Kier alpha value is -7.94. The van der Waals surface area contributed by atoms with Gasteiger partial charge in [-0.2, -0.15) is 0 Å². The van der Waals surface area contributed by atoms with E-state index in [1.54, 1.807) is 0 Å². The molecule has 0 radical (unpaired) electrons. The second-order valence-corrected chi connectivity index (χ2v) is 15.3. The fraction of sp³-hybridized carbons (Fsp3) is 0.0333. The van der Waals surface area contributed by atoms with Crippen LogP contribution in [0.3, 0.4) is 0 Å². The molecule has 9 aromatic carbocycles. The van der Waals surface area contributed by atoms with Crippen LogP contribution in [-0.4, -0.2) is 0 Å². The van der Waals surface area contributed by atoms with Crippen molar-refractivity contribution in [3.63, 3.8) is 0 Å². The molecule has 0 heterocycles. The van der Waals surface area contributed by atoms with Crippen molar-refractivity contribution in [3.8, 4) is 33.4 Å². The van der Waals surface area contributed by atoms with E-state index in [-0.39, 0.29) is 0 Å². The van der Waals surface area contributed by atoms with E-state index in [0.29, 0.717) is 0 Å². The molecular formula is C60H48N2. The molecule has 0 aromatic heterocycles. The lowest BCUT2D eigenvalue weighted by molar-refractivity contribution is 1.27. The Kier molecular flexibility index (Phi) is 12.1. The van der Waals surface area contributed by atoms with Crippen molar-refractivity contribution in [2.75, 3.05) is 9.80 Å². The topological polar surface area (TPSA) is 6.48 Å². The highest BCUT2D eigenvalue weighted by Crippen LogP contribution is 2.38. The van der Waals surface area contributed by atoms with E-state index in [0.717, 1.165) is 40.5 Å². The van der Waals surface area contributed by atoms with Gasteiger partial charge in [0.25, 0.3) is 0 Å². The smallest absolute Gasteiger partial charge is 0.0462 e. The summed E-state index contributed by atoms with van der Waals surface area (Å²) in [5.74, 6) is 0. The summed E-state index contributed by atoms with van der Waals surface area (Å²) in [6.07, 6.45) is 7.49. The van der Waals surface area contributed by atoms with Crippen LogP contribution >= 0.6 is 0 Å². The van der Waals surface area contributed by atoms with Gasteiger partial charge < -0.3 is 9.80 Å². The van der Waals surface area contributed by atoms with Gasteiger partial charge in [-0.15, -0.1) is 0 Å². The molecule has 0 spiro atoms. The van der Waals surface area contributed by atoms with Crippen molar-refractivity contribution in [1.29, 1.82) is 0 Å². The van der Waals surface area contributed by atoms with E-state index in [4.69, 9.17) is 0 Å². The van der Waals surface area contributed by atoms with E-state index in [2.05, 4.69) is 278 Å². The summed E-state index contributed by atoms with van der Waals surface area (Å²) in [5.41, 5.74) is 17.6. The Bertz CT molecular complexity index is 2860. The summed E-state index contributed by atoms with van der Waals surface area (Å²) in [6.45, 7) is 2.08. The van der Waals surface area contributed by atoms with Crippen molar-refractivity contribution < 1.29 is 0 Å². The zero-order valence-corrected chi connectivity index (χ0v) is 34.9. The molecule has 0 saturated carbocycles. The Labute approximate surface area is 366 Å². The molecule has 0 aliphatic carbocycles. The standard InChI is InChI=1S/C60H48N2/c1-2-16-47(50-29-37-57(38-30-50)61(55-23-11-5-12-24-55)58-39-31-51(32-40-58)48-18-7-3-8-19-48)28-27-46-17-15-22-54(45-46)53-35-43-60(44-36-53)62(56-25-13-6-14-26-56)59-41-33-52(34-42-59)49-20-9-4-10-21-49/h2-26,28-45H,27H2,1H3/b16-2-,47-28+. The van der Waals surface area contributed by atoms with E-state index in [1.807, 2.05) is 0 Å². The first-order valence-corrected chi connectivity index (χ1v) is 21.3. The fourth-order valence-electron chi connectivity index (χ4n) is 8.09. The molecular weight excluding hydrogens is 749 g/mol. The van der Waals surface area contributed by atoms with Crippen LogP contribution in [0.15, 0.2) is 261 Å². The molecule has 0 aliphatic rings. The quantitative estimate of drug-likeness (QED) is 0.107. The third kappa shape index (κ3) is 9.11. The van der Waals surface area contributed by atoms with Gasteiger partial charge in [0.15, 0.2) is 0 Å². The van der Waals surface area contributed by atoms with Gasteiger partial charge in [0.1, 0.15) is 0 Å². The Balaban J connectivity index is 0.938. The lowest BCUT2D eigenvalue weighted by Crippen LogP contribution is -2.09. The lowest BCUT2D eigenvalue weighted by atomic mass is 9.98. The second kappa shape index (κ2) is 19.0. The molecule has 298 valence electrons. The zero-order chi connectivity index (χ0) is 41.9. The molecule has 0 fully saturated rings. The van der Waals surface area contributed by atoms with Gasteiger partial charge in [-0.25, -0.2) is 0 Å². The average Bonchev–Trinajstić information content (AvgIpc) is 3.35. The highest BCUT2D eigenvalue weighted by molar-refractivity contribution is 5.82. The molecule has 0 atom stereocenters. The molecule has 2 nitrogen and oxygen atoms in total. The average molecular weight is 797 g/mol. The Morgan fingerprint density at radius 2 is 0.677 bits per heavy atom. The molecule has 0 amide bonds. The fourth-order valence-corrected chi connectivity index (χ4v) is 8.09. The van der Waals surface area contributed by atoms with Crippen LogP contribution in [0.2, 0.25) is 0 Å². The van der Waals surface area contributed by atoms with Crippen LogP contribution in [0.25, 0.3) is 39.0 Å². The third-order valence-corrected chi connectivity index (χ3v) is 11.2. The Morgan fingerprint density at radius 1 is 0.339 bits per heavy atom. The number of hydrogen-bond acceptors (Lipinski definition) is 2. The van der Waals surface area contributed by atoms with Crippen molar-refractivity contribution in [3.05, 3.63) is 272 Å². The number of allylic oxidation sites excluding steroid dienone is 4. The second-order valence-electron chi connectivity index (χ2n) is 15.3. The summed E-state index contributed by atoms with van der Waals surface area (Å²) in [7, 11) is 0. The van der Waals surface area contributed by atoms with Crippen molar-refractivity contribution >= 4 is 39.7 Å². The molecule has 9 rings (SSSR count). The predicted octanol–water partition coefficient (Wildman–Crippen LogP) is 16.8. The summed E-state index contributed by atoms with van der Waals surface area (Å²) in [6, 6.07) is 86.7. The molecule has 0 N–H and O–H groups in total. The van der Waals surface area contributed by atoms with E-state index in [9.17, 15) is 0 Å². The maximum absolute atomic E-state index is 2.34. The first kappa shape index (κ1) is 39.5. The van der Waals surface area contributed by atoms with Gasteiger partial charge in [-0.05, 0) is 136 Å². The van der Waals surface area contributed by atoms with Crippen molar-refractivity contribution in [2.45, 2.75) is 13.3 Å². The van der Waals surface area contributed by atoms with Crippen LogP contribution in [0.1, 0.15) is 18.1 Å². The van der Waals surface area contributed by atoms with Gasteiger partial charge in [0.2, 0.25) is 0 Å². The molecule has 0 saturated heterocycles. The van der Waals surface area contributed by atoms with Crippen LogP contribution in [-0.2, 0) is 6.42 Å². The first-order chi connectivity index (χ1) is 30.7.